The molecule has 0 radical (unpaired) electrons. The number of oxime groups is 1. The lowest BCUT2D eigenvalue weighted by Crippen LogP contribution is -2.23. The summed E-state index contributed by atoms with van der Waals surface area (Å²) in [7, 11) is 0. The van der Waals surface area contributed by atoms with Gasteiger partial charge in [-0.25, -0.2) is 9.18 Å². The van der Waals surface area contributed by atoms with Crippen molar-refractivity contribution in [1.29, 1.82) is 0 Å². The third-order valence-corrected chi connectivity index (χ3v) is 5.84. The highest BCUT2D eigenvalue weighted by atomic mass is 32.2. The summed E-state index contributed by atoms with van der Waals surface area (Å²) >= 11 is 1.82. The van der Waals surface area contributed by atoms with Gasteiger partial charge in [0.1, 0.15) is 11.5 Å². The maximum Gasteiger partial charge on any atom is 0.335 e. The van der Waals surface area contributed by atoms with Crippen molar-refractivity contribution in [2.75, 3.05) is 5.75 Å². The normalized spacial score (nSPS) is 16.3. The number of benzene rings is 2. The van der Waals surface area contributed by atoms with Crippen LogP contribution in [0.3, 0.4) is 0 Å². The van der Waals surface area contributed by atoms with Gasteiger partial charge >= 0.3 is 5.97 Å². The molecule has 2 N–H and O–H groups in total. The predicted octanol–water partition coefficient (Wildman–Crippen LogP) is 5.19. The smallest absolute Gasteiger partial charge is 0.335 e. The van der Waals surface area contributed by atoms with Crippen LogP contribution in [0, 0.1) is 5.82 Å². The molecular formula is C21H20FNO3S. The Kier molecular flexibility index (Phi) is 5.37. The number of allylic oxidation sites excluding steroid dienone is 1. The van der Waals surface area contributed by atoms with Crippen molar-refractivity contribution in [2.24, 2.45) is 5.16 Å². The van der Waals surface area contributed by atoms with Crippen molar-refractivity contribution < 1.29 is 19.5 Å². The van der Waals surface area contributed by atoms with Crippen LogP contribution in [0.1, 0.15) is 47.3 Å². The fourth-order valence-corrected chi connectivity index (χ4v) is 4.53. The Bertz CT molecular complexity index is 950. The van der Waals surface area contributed by atoms with Gasteiger partial charge in [-0.2, -0.15) is 0 Å². The summed E-state index contributed by atoms with van der Waals surface area (Å²) in [4.78, 5) is 12.1. The van der Waals surface area contributed by atoms with Crippen LogP contribution in [0.2, 0.25) is 0 Å². The molecule has 1 heterocycles. The van der Waals surface area contributed by atoms with Gasteiger partial charge in [0.15, 0.2) is 0 Å². The van der Waals surface area contributed by atoms with Gasteiger partial charge in [-0.05, 0) is 59.6 Å². The number of carboxylic acid groups (broad SMARTS) is 1. The molecule has 0 bridgehead atoms. The number of halogens is 1. The lowest BCUT2D eigenvalue weighted by atomic mass is 9.81. The number of nitrogens with zero attached hydrogens (tertiary/aromatic N) is 1. The number of hydrogen-bond donors (Lipinski definition) is 2. The summed E-state index contributed by atoms with van der Waals surface area (Å²) < 4.78 is 14.1. The topological polar surface area (TPSA) is 69.9 Å². The monoisotopic (exact) mass is 385 g/mol. The first-order valence-corrected chi connectivity index (χ1v) is 9.51. The van der Waals surface area contributed by atoms with Crippen molar-refractivity contribution in [3.8, 4) is 0 Å². The molecule has 0 amide bonds. The third-order valence-electron chi connectivity index (χ3n) is 4.76. The first-order chi connectivity index (χ1) is 12.8. The Hall–Kier alpha value is -2.60. The average Bonchev–Trinajstić information content (AvgIpc) is 2.63. The fraction of sp³-hybridized carbons (Fsp3) is 0.238. The minimum Gasteiger partial charge on any atom is -0.478 e. The Morgan fingerprint density at radius 1 is 1.22 bits per heavy atom. The zero-order valence-electron chi connectivity index (χ0n) is 15.1. The van der Waals surface area contributed by atoms with Gasteiger partial charge in [0.2, 0.25) is 0 Å². The van der Waals surface area contributed by atoms with Crippen molar-refractivity contribution in [2.45, 2.75) is 30.6 Å². The Balaban J connectivity index is 1.91. The Morgan fingerprint density at radius 3 is 2.63 bits per heavy atom. The second-order valence-corrected chi connectivity index (χ2v) is 8.19. The molecule has 1 aliphatic heterocycles. The molecule has 0 aliphatic carbocycles. The zero-order chi connectivity index (χ0) is 19.6. The van der Waals surface area contributed by atoms with E-state index < -0.39 is 11.8 Å². The molecule has 2 aromatic rings. The Labute approximate surface area is 161 Å². The van der Waals surface area contributed by atoms with Gasteiger partial charge in [0, 0.05) is 16.0 Å². The second-order valence-electron chi connectivity index (χ2n) is 7.05. The van der Waals surface area contributed by atoms with Crippen molar-refractivity contribution in [1.82, 2.24) is 0 Å². The van der Waals surface area contributed by atoms with Gasteiger partial charge in [0.25, 0.3) is 0 Å². The Morgan fingerprint density at radius 2 is 1.96 bits per heavy atom. The lowest BCUT2D eigenvalue weighted by Gasteiger charge is -2.32. The van der Waals surface area contributed by atoms with E-state index in [-0.39, 0.29) is 16.5 Å². The van der Waals surface area contributed by atoms with E-state index in [1.807, 2.05) is 30.0 Å². The van der Waals surface area contributed by atoms with Crippen LogP contribution >= 0.6 is 11.8 Å². The second kappa shape index (κ2) is 7.56. The third kappa shape index (κ3) is 4.06. The number of carboxylic acids is 1. The van der Waals surface area contributed by atoms with E-state index in [9.17, 15) is 14.4 Å². The highest BCUT2D eigenvalue weighted by molar-refractivity contribution is 7.99. The van der Waals surface area contributed by atoms with Crippen molar-refractivity contribution in [3.05, 3.63) is 70.5 Å². The van der Waals surface area contributed by atoms with E-state index in [0.717, 1.165) is 23.8 Å². The first kappa shape index (κ1) is 19.2. The van der Waals surface area contributed by atoms with Gasteiger partial charge in [0.05, 0.1) is 5.56 Å². The molecule has 3 rings (SSSR count). The maximum absolute atomic E-state index is 14.1. The molecule has 0 atom stereocenters. The highest BCUT2D eigenvalue weighted by Crippen LogP contribution is 2.41. The standard InChI is InChI=1S/C21H20FNO3S/c1-21(2)9-10-27-19-8-6-14(11-16(19)21)18(23-26)7-5-13-3-4-15(20(24)25)12-17(13)22/h3-8,11-12,26H,9-10H2,1-2H3,(H,24,25)/b7-5+,23-18?. The SMILES string of the molecule is CC1(C)CCSc2ccc(C(/C=C/c3ccc(C(=O)O)cc3F)=NO)cc21. The van der Waals surface area contributed by atoms with E-state index in [4.69, 9.17) is 5.11 Å². The molecule has 1 aliphatic rings. The molecule has 4 nitrogen and oxygen atoms in total. The first-order valence-electron chi connectivity index (χ1n) is 8.52. The van der Waals surface area contributed by atoms with Crippen LogP contribution in [0.4, 0.5) is 4.39 Å². The summed E-state index contributed by atoms with van der Waals surface area (Å²) in [6.45, 7) is 4.39. The van der Waals surface area contributed by atoms with Crippen LogP contribution in [0.15, 0.2) is 52.5 Å². The molecule has 27 heavy (non-hydrogen) atoms. The quantitative estimate of drug-likeness (QED) is 0.432. The molecule has 0 saturated heterocycles. The van der Waals surface area contributed by atoms with Gasteiger partial charge in [-0.3, -0.25) is 0 Å². The summed E-state index contributed by atoms with van der Waals surface area (Å²) in [6.07, 6.45) is 4.05. The number of aromatic carboxylic acids is 1. The minimum absolute atomic E-state index is 0.0413. The zero-order valence-corrected chi connectivity index (χ0v) is 15.9. The van der Waals surface area contributed by atoms with E-state index in [2.05, 4.69) is 19.0 Å². The largest absolute Gasteiger partial charge is 0.478 e. The van der Waals surface area contributed by atoms with Crippen LogP contribution < -0.4 is 0 Å². The average molecular weight is 385 g/mol. The molecule has 140 valence electrons. The highest BCUT2D eigenvalue weighted by Gasteiger charge is 2.28. The number of thioether (sulfide) groups is 1. The molecule has 0 unspecified atom stereocenters. The van der Waals surface area contributed by atoms with Crippen molar-refractivity contribution in [3.63, 3.8) is 0 Å². The molecule has 0 aromatic heterocycles. The number of rotatable bonds is 4. The minimum atomic E-state index is -1.18. The van der Waals surface area contributed by atoms with E-state index in [0.29, 0.717) is 5.71 Å². The summed E-state index contributed by atoms with van der Waals surface area (Å²) in [5.41, 5.74) is 2.41. The maximum atomic E-state index is 14.1. The van der Waals surface area contributed by atoms with E-state index in [1.54, 1.807) is 0 Å². The lowest BCUT2D eigenvalue weighted by molar-refractivity contribution is 0.0696. The summed E-state index contributed by atoms with van der Waals surface area (Å²) in [6, 6.07) is 9.62. The van der Waals surface area contributed by atoms with Crippen LogP contribution in [0.25, 0.3) is 6.08 Å². The molecular weight excluding hydrogens is 365 g/mol. The molecule has 0 fully saturated rings. The molecule has 6 heteroatoms. The summed E-state index contributed by atoms with van der Waals surface area (Å²) in [5.74, 6) is -0.755. The molecule has 2 aromatic carbocycles. The molecule has 0 spiro atoms. The van der Waals surface area contributed by atoms with Crippen LogP contribution in [0.5, 0.6) is 0 Å². The summed E-state index contributed by atoms with van der Waals surface area (Å²) in [5, 5.41) is 21.7. The van der Waals surface area contributed by atoms with E-state index >= 15 is 0 Å². The number of fused-ring (bicyclic) bond motifs is 1. The molecule has 0 saturated carbocycles. The van der Waals surface area contributed by atoms with Crippen LogP contribution in [-0.2, 0) is 5.41 Å². The number of carbonyl (C=O) groups is 1. The van der Waals surface area contributed by atoms with E-state index in [1.165, 1.54) is 34.7 Å². The fourth-order valence-electron chi connectivity index (χ4n) is 3.05. The predicted molar refractivity (Wildman–Crippen MR) is 106 cm³/mol. The van der Waals surface area contributed by atoms with Crippen molar-refractivity contribution >= 4 is 29.5 Å². The van der Waals surface area contributed by atoms with Gasteiger partial charge in [-0.1, -0.05) is 31.1 Å². The van der Waals surface area contributed by atoms with Gasteiger partial charge < -0.3 is 10.3 Å². The van der Waals surface area contributed by atoms with Gasteiger partial charge in [-0.15, -0.1) is 11.8 Å². The number of hydrogen-bond acceptors (Lipinski definition) is 4. The van der Waals surface area contributed by atoms with Crippen LogP contribution in [-0.4, -0.2) is 27.7 Å².